The van der Waals surface area contributed by atoms with Crippen molar-refractivity contribution in [1.82, 2.24) is 4.98 Å². The molecule has 0 saturated carbocycles. The Labute approximate surface area is 118 Å². The minimum atomic E-state index is -0.182. The molecular formula is C16H17N3O. The first-order chi connectivity index (χ1) is 9.59. The molecule has 4 nitrogen and oxygen atoms in total. The molecule has 2 heterocycles. The van der Waals surface area contributed by atoms with Crippen molar-refractivity contribution in [3.63, 3.8) is 0 Å². The number of nitriles is 1. The lowest BCUT2D eigenvalue weighted by molar-refractivity contribution is -0.0278. The molecule has 3 rings (SSSR count). The number of para-hydroxylation sites is 1. The van der Waals surface area contributed by atoms with Gasteiger partial charge in [-0.25, -0.2) is 4.98 Å². The minimum Gasteiger partial charge on any atom is -0.372 e. The third kappa shape index (κ3) is 2.33. The van der Waals surface area contributed by atoms with Gasteiger partial charge in [0.15, 0.2) is 0 Å². The molecule has 0 amide bonds. The number of anilines is 1. The van der Waals surface area contributed by atoms with E-state index in [1.54, 1.807) is 0 Å². The van der Waals surface area contributed by atoms with Gasteiger partial charge in [-0.1, -0.05) is 18.2 Å². The van der Waals surface area contributed by atoms with Crippen molar-refractivity contribution in [1.29, 1.82) is 5.26 Å². The Morgan fingerprint density at radius 1 is 1.35 bits per heavy atom. The Kier molecular flexibility index (Phi) is 3.07. The van der Waals surface area contributed by atoms with E-state index in [1.165, 1.54) is 0 Å². The van der Waals surface area contributed by atoms with Crippen molar-refractivity contribution < 1.29 is 4.74 Å². The largest absolute Gasteiger partial charge is 0.372 e. The van der Waals surface area contributed by atoms with E-state index in [9.17, 15) is 5.26 Å². The molecular weight excluding hydrogens is 250 g/mol. The fourth-order valence-corrected chi connectivity index (χ4v) is 2.63. The maximum Gasteiger partial charge on any atom is 0.130 e. The molecule has 0 unspecified atom stereocenters. The normalized spacial score (nSPS) is 17.9. The van der Waals surface area contributed by atoms with Crippen molar-refractivity contribution >= 4 is 16.7 Å². The van der Waals surface area contributed by atoms with Crippen LogP contribution in [0.5, 0.6) is 0 Å². The van der Waals surface area contributed by atoms with Crippen LogP contribution >= 0.6 is 0 Å². The second-order valence-corrected chi connectivity index (χ2v) is 5.69. The Bertz CT molecular complexity index is 688. The maximum atomic E-state index is 9.34. The molecule has 0 aliphatic carbocycles. The maximum absolute atomic E-state index is 9.34. The summed E-state index contributed by atoms with van der Waals surface area (Å²) in [6, 6.07) is 11.9. The zero-order valence-corrected chi connectivity index (χ0v) is 11.8. The summed E-state index contributed by atoms with van der Waals surface area (Å²) in [5.74, 6) is 0.858. The van der Waals surface area contributed by atoms with Gasteiger partial charge in [-0.15, -0.1) is 0 Å². The number of hydrogen-bond acceptors (Lipinski definition) is 4. The lowest BCUT2D eigenvalue weighted by Gasteiger charge is -2.38. The molecule has 20 heavy (non-hydrogen) atoms. The summed E-state index contributed by atoms with van der Waals surface area (Å²) in [6.07, 6.45) is 0. The monoisotopic (exact) mass is 267 g/mol. The lowest BCUT2D eigenvalue weighted by Crippen LogP contribution is -2.48. The summed E-state index contributed by atoms with van der Waals surface area (Å²) in [4.78, 5) is 6.88. The van der Waals surface area contributed by atoms with Gasteiger partial charge >= 0.3 is 0 Å². The Hall–Kier alpha value is -2.12. The zero-order valence-electron chi connectivity index (χ0n) is 11.8. The molecule has 1 aliphatic heterocycles. The average Bonchev–Trinajstić information content (AvgIpc) is 2.45. The Morgan fingerprint density at radius 3 is 2.90 bits per heavy atom. The Morgan fingerprint density at radius 2 is 2.15 bits per heavy atom. The van der Waals surface area contributed by atoms with Crippen LogP contribution in [0.2, 0.25) is 0 Å². The number of hydrogen-bond donors (Lipinski definition) is 0. The van der Waals surface area contributed by atoms with Crippen LogP contribution < -0.4 is 4.90 Å². The highest BCUT2D eigenvalue weighted by Gasteiger charge is 2.28. The van der Waals surface area contributed by atoms with Crippen LogP contribution in [-0.4, -0.2) is 30.3 Å². The van der Waals surface area contributed by atoms with E-state index in [2.05, 4.69) is 24.8 Å². The van der Waals surface area contributed by atoms with Crippen molar-refractivity contribution in [3.05, 3.63) is 35.9 Å². The minimum absolute atomic E-state index is 0.182. The van der Waals surface area contributed by atoms with Gasteiger partial charge in [-0.2, -0.15) is 5.26 Å². The van der Waals surface area contributed by atoms with E-state index >= 15 is 0 Å². The quantitative estimate of drug-likeness (QED) is 0.797. The van der Waals surface area contributed by atoms with Gasteiger partial charge in [0.25, 0.3) is 0 Å². The molecule has 0 radical (unpaired) electrons. The predicted molar refractivity (Wildman–Crippen MR) is 78.7 cm³/mol. The van der Waals surface area contributed by atoms with Gasteiger partial charge in [0.1, 0.15) is 5.82 Å². The van der Waals surface area contributed by atoms with Gasteiger partial charge < -0.3 is 9.64 Å². The number of benzene rings is 1. The molecule has 4 heteroatoms. The summed E-state index contributed by atoms with van der Waals surface area (Å²) < 4.78 is 5.73. The van der Waals surface area contributed by atoms with E-state index < -0.39 is 0 Å². The molecule has 1 aliphatic rings. The number of aromatic nitrogens is 1. The fraction of sp³-hybridized carbons (Fsp3) is 0.375. The molecule has 1 fully saturated rings. The molecule has 1 aromatic heterocycles. The summed E-state index contributed by atoms with van der Waals surface area (Å²) in [5.41, 5.74) is 1.36. The van der Waals surface area contributed by atoms with Crippen molar-refractivity contribution in [2.75, 3.05) is 24.6 Å². The van der Waals surface area contributed by atoms with Crippen molar-refractivity contribution in [2.45, 2.75) is 19.4 Å². The number of morpholine rings is 1. The molecule has 102 valence electrons. The van der Waals surface area contributed by atoms with Crippen LogP contribution in [0.15, 0.2) is 30.3 Å². The van der Waals surface area contributed by atoms with Gasteiger partial charge in [-0.3, -0.25) is 0 Å². The van der Waals surface area contributed by atoms with Crippen LogP contribution in [0.1, 0.15) is 19.4 Å². The van der Waals surface area contributed by atoms with Crippen LogP contribution in [0.3, 0.4) is 0 Å². The van der Waals surface area contributed by atoms with E-state index in [1.807, 2.05) is 30.3 Å². The molecule has 1 saturated heterocycles. The molecule has 2 aromatic rings. The first kappa shape index (κ1) is 12.9. The number of fused-ring (bicyclic) bond motifs is 1. The first-order valence-corrected chi connectivity index (χ1v) is 6.78. The standard InChI is InChI=1S/C16H17N3O/c1-16(2)11-19(7-8-20-16)15-9-12(10-17)13-5-3-4-6-14(13)18-15/h3-6,9H,7-8,11H2,1-2H3. The molecule has 0 bridgehead atoms. The van der Waals surface area contributed by atoms with E-state index in [0.29, 0.717) is 12.2 Å². The van der Waals surface area contributed by atoms with E-state index in [4.69, 9.17) is 9.72 Å². The SMILES string of the molecule is CC1(C)CN(c2cc(C#N)c3ccccc3n2)CCO1. The molecule has 0 spiro atoms. The average molecular weight is 267 g/mol. The summed E-state index contributed by atoms with van der Waals surface area (Å²) in [7, 11) is 0. The van der Waals surface area contributed by atoms with Crippen molar-refractivity contribution in [2.24, 2.45) is 0 Å². The topological polar surface area (TPSA) is 49.2 Å². The van der Waals surface area contributed by atoms with E-state index in [-0.39, 0.29) is 5.60 Å². The van der Waals surface area contributed by atoms with Crippen LogP contribution in [0.25, 0.3) is 10.9 Å². The highest BCUT2D eigenvalue weighted by molar-refractivity contribution is 5.86. The van der Waals surface area contributed by atoms with Crippen molar-refractivity contribution in [3.8, 4) is 6.07 Å². The summed E-state index contributed by atoms with van der Waals surface area (Å²) in [6.45, 7) is 6.42. The van der Waals surface area contributed by atoms with E-state index in [0.717, 1.165) is 29.8 Å². The predicted octanol–water partition coefficient (Wildman–Crippen LogP) is 2.72. The Balaban J connectivity index is 2.06. The van der Waals surface area contributed by atoms with Crippen LogP contribution in [-0.2, 0) is 4.74 Å². The van der Waals surface area contributed by atoms with Gasteiger partial charge in [0, 0.05) is 18.5 Å². The zero-order chi connectivity index (χ0) is 14.2. The third-order valence-electron chi connectivity index (χ3n) is 3.57. The van der Waals surface area contributed by atoms with Gasteiger partial charge in [0.2, 0.25) is 0 Å². The number of nitrogens with zero attached hydrogens (tertiary/aromatic N) is 3. The van der Waals surface area contributed by atoms with Crippen LogP contribution in [0, 0.1) is 11.3 Å². The number of rotatable bonds is 1. The number of ether oxygens (including phenoxy) is 1. The molecule has 1 aromatic carbocycles. The van der Waals surface area contributed by atoms with Crippen LogP contribution in [0.4, 0.5) is 5.82 Å². The fourth-order valence-electron chi connectivity index (χ4n) is 2.63. The second kappa shape index (κ2) is 4.77. The van der Waals surface area contributed by atoms with Gasteiger partial charge in [-0.05, 0) is 26.0 Å². The second-order valence-electron chi connectivity index (χ2n) is 5.69. The first-order valence-electron chi connectivity index (χ1n) is 6.78. The summed E-state index contributed by atoms with van der Waals surface area (Å²) >= 11 is 0. The highest BCUT2D eigenvalue weighted by Crippen LogP contribution is 2.26. The third-order valence-corrected chi connectivity index (χ3v) is 3.57. The summed E-state index contributed by atoms with van der Waals surface area (Å²) in [5, 5.41) is 10.2. The molecule has 0 N–H and O–H groups in total. The lowest BCUT2D eigenvalue weighted by atomic mass is 10.1. The smallest absolute Gasteiger partial charge is 0.130 e. The van der Waals surface area contributed by atoms with Gasteiger partial charge in [0.05, 0.1) is 29.4 Å². The molecule has 0 atom stereocenters. The highest BCUT2D eigenvalue weighted by atomic mass is 16.5. The number of pyridine rings is 1.